The molecule has 0 fully saturated rings. The van der Waals surface area contributed by atoms with Gasteiger partial charge in [-0.05, 0) is 44.2 Å². The molecule has 132 valence electrons. The topological polar surface area (TPSA) is 67.4 Å². The van der Waals surface area contributed by atoms with Gasteiger partial charge >= 0.3 is 0 Å². The van der Waals surface area contributed by atoms with Gasteiger partial charge < -0.3 is 15.4 Å². The third-order valence-electron chi connectivity index (χ3n) is 3.67. The van der Waals surface area contributed by atoms with Gasteiger partial charge in [0.05, 0.1) is 23.5 Å². The van der Waals surface area contributed by atoms with E-state index in [4.69, 9.17) is 27.9 Å². The van der Waals surface area contributed by atoms with Crippen molar-refractivity contribution in [1.82, 2.24) is 0 Å². The second kappa shape index (κ2) is 7.76. The Morgan fingerprint density at radius 2 is 1.56 bits per heavy atom. The van der Waals surface area contributed by atoms with Crippen LogP contribution in [0.4, 0.5) is 11.4 Å². The van der Waals surface area contributed by atoms with E-state index >= 15 is 0 Å². The first-order chi connectivity index (χ1) is 11.8. The van der Waals surface area contributed by atoms with Crippen LogP contribution in [0.5, 0.6) is 5.75 Å². The number of ether oxygens (including phenoxy) is 1. The number of anilines is 2. The fraction of sp³-hybridized carbons (Fsp3) is 0.222. The molecule has 0 aliphatic rings. The second-order valence-electron chi connectivity index (χ2n) is 5.86. The molecule has 0 unspecified atom stereocenters. The van der Waals surface area contributed by atoms with Crippen molar-refractivity contribution in [2.24, 2.45) is 5.41 Å². The van der Waals surface area contributed by atoms with Crippen molar-refractivity contribution in [1.29, 1.82) is 0 Å². The number of rotatable bonds is 5. The van der Waals surface area contributed by atoms with Crippen LogP contribution in [0.1, 0.15) is 13.8 Å². The predicted octanol–water partition coefficient (Wildman–Crippen LogP) is 4.61. The van der Waals surface area contributed by atoms with Gasteiger partial charge in [0.1, 0.15) is 11.2 Å². The van der Waals surface area contributed by atoms with E-state index in [-0.39, 0.29) is 0 Å². The molecule has 2 rings (SSSR count). The van der Waals surface area contributed by atoms with Crippen molar-refractivity contribution in [3.05, 3.63) is 52.5 Å². The summed E-state index contributed by atoms with van der Waals surface area (Å²) in [5.41, 5.74) is -0.527. The highest BCUT2D eigenvalue weighted by atomic mass is 35.5. The molecule has 0 radical (unpaired) electrons. The lowest BCUT2D eigenvalue weighted by Crippen LogP contribution is -2.41. The van der Waals surface area contributed by atoms with Gasteiger partial charge in [-0.15, -0.1) is 0 Å². The van der Waals surface area contributed by atoms with E-state index in [0.717, 1.165) is 0 Å². The first kappa shape index (κ1) is 19.1. The normalized spacial score (nSPS) is 10.9. The Hall–Kier alpha value is -2.24. The molecule has 0 aliphatic carbocycles. The van der Waals surface area contributed by atoms with E-state index in [1.165, 1.54) is 21.0 Å². The summed E-state index contributed by atoms with van der Waals surface area (Å²) >= 11 is 12.0. The van der Waals surface area contributed by atoms with Crippen LogP contribution in [-0.4, -0.2) is 18.9 Å². The SMILES string of the molecule is COc1ccc(Cl)cc1NC(=O)C(C)(C)C(=O)Nc1ccccc1Cl. The number of halogens is 2. The number of methoxy groups -OCH3 is 1. The molecule has 2 aromatic rings. The highest BCUT2D eigenvalue weighted by Gasteiger charge is 2.36. The number of para-hydroxylation sites is 1. The van der Waals surface area contributed by atoms with Crippen LogP contribution in [-0.2, 0) is 9.59 Å². The molecule has 0 spiro atoms. The minimum Gasteiger partial charge on any atom is -0.495 e. The standard InChI is InChI=1S/C18H18Cl2N2O3/c1-18(2,16(23)21-13-7-5-4-6-12(13)20)17(24)22-14-10-11(19)8-9-15(14)25-3/h4-10H,1-3H3,(H,21,23)(H,22,24). The molecule has 2 aromatic carbocycles. The van der Waals surface area contributed by atoms with Crippen molar-refractivity contribution in [2.45, 2.75) is 13.8 Å². The van der Waals surface area contributed by atoms with Crippen LogP contribution in [0.25, 0.3) is 0 Å². The van der Waals surface area contributed by atoms with Crippen molar-refractivity contribution in [2.75, 3.05) is 17.7 Å². The summed E-state index contributed by atoms with van der Waals surface area (Å²) in [6.45, 7) is 3.04. The summed E-state index contributed by atoms with van der Waals surface area (Å²) < 4.78 is 5.19. The van der Waals surface area contributed by atoms with E-state index in [0.29, 0.717) is 27.2 Å². The van der Waals surface area contributed by atoms with E-state index in [9.17, 15) is 9.59 Å². The number of amides is 2. The fourth-order valence-electron chi connectivity index (χ4n) is 2.00. The maximum Gasteiger partial charge on any atom is 0.239 e. The van der Waals surface area contributed by atoms with Crippen molar-refractivity contribution >= 4 is 46.4 Å². The van der Waals surface area contributed by atoms with E-state index in [1.54, 1.807) is 42.5 Å². The zero-order valence-corrected chi connectivity index (χ0v) is 15.5. The number of carbonyl (C=O) groups is 2. The Labute approximate surface area is 156 Å². The molecule has 5 nitrogen and oxygen atoms in total. The Morgan fingerprint density at radius 3 is 2.16 bits per heavy atom. The summed E-state index contributed by atoms with van der Waals surface area (Å²) in [5.74, 6) is -0.545. The molecule has 2 amide bonds. The lowest BCUT2D eigenvalue weighted by atomic mass is 9.90. The third-order valence-corrected chi connectivity index (χ3v) is 4.23. The predicted molar refractivity (Wildman–Crippen MR) is 100 cm³/mol. The lowest BCUT2D eigenvalue weighted by Gasteiger charge is -2.23. The Balaban J connectivity index is 2.18. The fourth-order valence-corrected chi connectivity index (χ4v) is 2.36. The molecule has 2 N–H and O–H groups in total. The average Bonchev–Trinajstić information content (AvgIpc) is 2.57. The van der Waals surface area contributed by atoms with Gasteiger partial charge in [0.15, 0.2) is 0 Å². The van der Waals surface area contributed by atoms with Gasteiger partial charge in [0.2, 0.25) is 11.8 Å². The highest BCUT2D eigenvalue weighted by Crippen LogP contribution is 2.30. The molecular weight excluding hydrogens is 363 g/mol. The monoisotopic (exact) mass is 380 g/mol. The molecule has 0 aliphatic heterocycles. The quantitative estimate of drug-likeness (QED) is 0.744. The molecule has 7 heteroatoms. The minimum atomic E-state index is -1.35. The minimum absolute atomic E-state index is 0.388. The summed E-state index contributed by atoms with van der Waals surface area (Å²) in [6, 6.07) is 11.6. The smallest absolute Gasteiger partial charge is 0.239 e. The molecule has 0 heterocycles. The summed E-state index contributed by atoms with van der Waals surface area (Å²) in [4.78, 5) is 25.2. The summed E-state index contributed by atoms with van der Waals surface area (Å²) in [5, 5.41) is 6.18. The number of benzene rings is 2. The summed E-state index contributed by atoms with van der Waals surface area (Å²) in [7, 11) is 1.48. The van der Waals surface area contributed by atoms with Gasteiger partial charge in [-0.25, -0.2) is 0 Å². The molecule has 0 bridgehead atoms. The number of carbonyl (C=O) groups excluding carboxylic acids is 2. The van der Waals surface area contributed by atoms with Crippen molar-refractivity contribution < 1.29 is 14.3 Å². The van der Waals surface area contributed by atoms with Crippen molar-refractivity contribution in [3.63, 3.8) is 0 Å². The molecule has 0 saturated heterocycles. The van der Waals surface area contributed by atoms with Gasteiger partial charge in [0.25, 0.3) is 0 Å². The van der Waals surface area contributed by atoms with Gasteiger partial charge in [0, 0.05) is 5.02 Å². The van der Waals surface area contributed by atoms with Crippen LogP contribution in [0.15, 0.2) is 42.5 Å². The summed E-state index contributed by atoms with van der Waals surface area (Å²) in [6.07, 6.45) is 0. The molecule has 25 heavy (non-hydrogen) atoms. The van der Waals surface area contributed by atoms with E-state index < -0.39 is 17.2 Å². The van der Waals surface area contributed by atoms with E-state index in [1.807, 2.05) is 0 Å². The van der Waals surface area contributed by atoms with Gasteiger partial charge in [-0.1, -0.05) is 35.3 Å². The Morgan fingerprint density at radius 1 is 0.960 bits per heavy atom. The number of hydrogen-bond acceptors (Lipinski definition) is 3. The molecule has 0 atom stereocenters. The van der Waals surface area contributed by atoms with Crippen LogP contribution < -0.4 is 15.4 Å². The van der Waals surface area contributed by atoms with E-state index in [2.05, 4.69) is 10.6 Å². The maximum absolute atomic E-state index is 12.6. The highest BCUT2D eigenvalue weighted by molar-refractivity contribution is 6.34. The zero-order valence-electron chi connectivity index (χ0n) is 14.0. The first-order valence-electron chi connectivity index (χ1n) is 7.46. The second-order valence-corrected chi connectivity index (χ2v) is 6.70. The third kappa shape index (κ3) is 4.44. The molecule has 0 aromatic heterocycles. The number of nitrogens with one attached hydrogen (secondary N) is 2. The Kier molecular flexibility index (Phi) is 5.93. The van der Waals surface area contributed by atoms with Gasteiger partial charge in [-0.3, -0.25) is 9.59 Å². The van der Waals surface area contributed by atoms with Crippen molar-refractivity contribution in [3.8, 4) is 5.75 Å². The molecule has 0 saturated carbocycles. The van der Waals surface area contributed by atoms with Crippen LogP contribution in [0.3, 0.4) is 0 Å². The van der Waals surface area contributed by atoms with Crippen LogP contribution >= 0.6 is 23.2 Å². The lowest BCUT2D eigenvalue weighted by molar-refractivity contribution is -0.135. The van der Waals surface area contributed by atoms with Gasteiger partial charge in [-0.2, -0.15) is 0 Å². The zero-order chi connectivity index (χ0) is 18.6. The largest absolute Gasteiger partial charge is 0.495 e. The Bertz CT molecular complexity index is 807. The first-order valence-corrected chi connectivity index (χ1v) is 8.22. The maximum atomic E-state index is 12.6. The van der Waals surface area contributed by atoms with Crippen LogP contribution in [0.2, 0.25) is 10.0 Å². The average molecular weight is 381 g/mol. The van der Waals surface area contributed by atoms with Crippen LogP contribution in [0, 0.1) is 5.41 Å². The molecular formula is C18H18Cl2N2O3. The number of hydrogen-bond donors (Lipinski definition) is 2.